The number of hydrogen-bond acceptors (Lipinski definition) is 4. The Bertz CT molecular complexity index is 516. The maximum absolute atomic E-state index is 11.4. The number of piperidine rings is 1. The summed E-state index contributed by atoms with van der Waals surface area (Å²) >= 11 is 1.65. The summed E-state index contributed by atoms with van der Waals surface area (Å²) in [6.45, 7) is 4.60. The lowest BCUT2D eigenvalue weighted by Gasteiger charge is -2.29. The van der Waals surface area contributed by atoms with Gasteiger partial charge in [-0.3, -0.25) is 14.1 Å². The number of likely N-dealkylation sites (tertiary alicyclic amines) is 1. The molecule has 0 aromatic carbocycles. The summed E-state index contributed by atoms with van der Waals surface area (Å²) in [5.74, 6) is 0.569. The number of carbonyl (C=O) groups is 1. The van der Waals surface area contributed by atoms with Crippen molar-refractivity contribution in [1.29, 1.82) is 0 Å². The van der Waals surface area contributed by atoms with E-state index in [-0.39, 0.29) is 5.92 Å². The normalized spacial score (nSPS) is 22.4. The van der Waals surface area contributed by atoms with Gasteiger partial charge < -0.3 is 0 Å². The highest BCUT2D eigenvalue weighted by atomic mass is 32.1. The van der Waals surface area contributed by atoms with Gasteiger partial charge >= 0.3 is 0 Å². The van der Waals surface area contributed by atoms with E-state index in [1.165, 1.54) is 0 Å². The fraction of sp³-hybridized carbons (Fsp3) is 0.500. The monoisotopic (exact) mass is 249 g/mol. The first-order chi connectivity index (χ1) is 8.22. The molecular weight excluding hydrogens is 234 g/mol. The number of fused-ring (bicyclic) bond motifs is 1. The van der Waals surface area contributed by atoms with E-state index in [2.05, 4.69) is 20.5 Å². The number of thiazole rings is 1. The summed E-state index contributed by atoms with van der Waals surface area (Å²) in [7, 11) is 0. The molecule has 1 fully saturated rings. The summed E-state index contributed by atoms with van der Waals surface area (Å²) in [5, 5.41) is 2.04. The lowest BCUT2D eigenvalue weighted by molar-refractivity contribution is -0.125. The van der Waals surface area contributed by atoms with Crippen molar-refractivity contribution in [2.45, 2.75) is 19.9 Å². The number of aromatic nitrogens is 2. The molecule has 0 bridgehead atoms. The van der Waals surface area contributed by atoms with E-state index in [0.717, 1.165) is 30.3 Å². The zero-order valence-corrected chi connectivity index (χ0v) is 10.6. The molecule has 1 unspecified atom stereocenters. The highest BCUT2D eigenvalue weighted by molar-refractivity contribution is 7.15. The van der Waals surface area contributed by atoms with Gasteiger partial charge in [0.1, 0.15) is 5.78 Å². The van der Waals surface area contributed by atoms with Gasteiger partial charge in [-0.15, -0.1) is 11.3 Å². The molecule has 5 heteroatoms. The standard InChI is InChI=1S/C12H15N3OS/c1-9-6-14(3-2-11(9)16)7-10-8-15-4-5-17-12(15)13-10/h4-5,8-9H,2-3,6-7H2,1H3. The lowest BCUT2D eigenvalue weighted by atomic mass is 9.98. The number of imidazole rings is 1. The average molecular weight is 249 g/mol. The highest BCUT2D eigenvalue weighted by Gasteiger charge is 2.23. The Morgan fingerprint density at radius 3 is 3.24 bits per heavy atom. The third-order valence-corrected chi connectivity index (χ3v) is 4.06. The van der Waals surface area contributed by atoms with Gasteiger partial charge in [-0.05, 0) is 0 Å². The fourth-order valence-electron chi connectivity index (χ4n) is 2.32. The van der Waals surface area contributed by atoms with Crippen molar-refractivity contribution in [3.8, 4) is 0 Å². The van der Waals surface area contributed by atoms with Crippen molar-refractivity contribution >= 4 is 22.1 Å². The Kier molecular flexibility index (Phi) is 2.72. The molecule has 90 valence electrons. The molecule has 0 radical (unpaired) electrons. The molecule has 3 rings (SSSR count). The summed E-state index contributed by atoms with van der Waals surface area (Å²) in [5.41, 5.74) is 1.10. The van der Waals surface area contributed by atoms with Gasteiger partial charge in [-0.1, -0.05) is 6.92 Å². The molecule has 0 N–H and O–H groups in total. The highest BCUT2D eigenvalue weighted by Crippen LogP contribution is 2.17. The van der Waals surface area contributed by atoms with Crippen LogP contribution in [-0.2, 0) is 11.3 Å². The average Bonchev–Trinajstić information content (AvgIpc) is 2.84. The molecule has 17 heavy (non-hydrogen) atoms. The van der Waals surface area contributed by atoms with Crippen LogP contribution in [-0.4, -0.2) is 33.2 Å². The molecule has 0 spiro atoms. The molecule has 1 saturated heterocycles. The molecule has 4 nitrogen and oxygen atoms in total. The van der Waals surface area contributed by atoms with Crippen molar-refractivity contribution < 1.29 is 4.79 Å². The van der Waals surface area contributed by atoms with Crippen LogP contribution in [0.3, 0.4) is 0 Å². The summed E-state index contributed by atoms with van der Waals surface area (Å²) < 4.78 is 2.05. The Labute approximate surface area is 104 Å². The molecule has 1 atom stereocenters. The minimum absolute atomic E-state index is 0.174. The van der Waals surface area contributed by atoms with E-state index in [0.29, 0.717) is 12.2 Å². The van der Waals surface area contributed by atoms with Crippen LogP contribution >= 0.6 is 11.3 Å². The van der Waals surface area contributed by atoms with Gasteiger partial charge in [0.2, 0.25) is 0 Å². The first-order valence-electron chi connectivity index (χ1n) is 5.88. The minimum atomic E-state index is 0.174. The smallest absolute Gasteiger partial charge is 0.193 e. The number of ketones is 1. The number of Topliss-reactive ketones (excluding diaryl/α,β-unsaturated/α-hetero) is 1. The zero-order chi connectivity index (χ0) is 11.8. The van der Waals surface area contributed by atoms with Crippen LogP contribution < -0.4 is 0 Å². The van der Waals surface area contributed by atoms with Crippen molar-refractivity contribution in [2.75, 3.05) is 13.1 Å². The summed E-state index contributed by atoms with van der Waals surface area (Å²) in [6, 6.07) is 0. The quantitative estimate of drug-likeness (QED) is 0.814. The summed E-state index contributed by atoms with van der Waals surface area (Å²) in [4.78, 5) is 19.4. The van der Waals surface area contributed by atoms with E-state index >= 15 is 0 Å². The third-order valence-electron chi connectivity index (χ3n) is 3.28. The number of rotatable bonds is 2. The van der Waals surface area contributed by atoms with Crippen LogP contribution in [0.15, 0.2) is 17.8 Å². The van der Waals surface area contributed by atoms with Crippen molar-refractivity contribution in [3.63, 3.8) is 0 Å². The fourth-order valence-corrected chi connectivity index (χ4v) is 3.04. The Hall–Kier alpha value is -1.20. The second-order valence-electron chi connectivity index (χ2n) is 4.68. The maximum Gasteiger partial charge on any atom is 0.193 e. The lowest BCUT2D eigenvalue weighted by Crippen LogP contribution is -2.39. The molecule has 2 aromatic rings. The van der Waals surface area contributed by atoms with Crippen LogP contribution in [0.2, 0.25) is 0 Å². The van der Waals surface area contributed by atoms with Gasteiger partial charge in [0, 0.05) is 49.7 Å². The Morgan fingerprint density at radius 2 is 2.47 bits per heavy atom. The molecule has 0 amide bonds. The topological polar surface area (TPSA) is 37.6 Å². The first-order valence-corrected chi connectivity index (χ1v) is 6.76. The second-order valence-corrected chi connectivity index (χ2v) is 5.55. The van der Waals surface area contributed by atoms with Crippen molar-refractivity contribution in [3.05, 3.63) is 23.5 Å². The van der Waals surface area contributed by atoms with Crippen LogP contribution in [0.25, 0.3) is 4.96 Å². The number of nitrogens with zero attached hydrogens (tertiary/aromatic N) is 3. The zero-order valence-electron chi connectivity index (χ0n) is 9.80. The van der Waals surface area contributed by atoms with Crippen LogP contribution in [0.1, 0.15) is 19.0 Å². The minimum Gasteiger partial charge on any atom is -0.299 e. The van der Waals surface area contributed by atoms with Crippen molar-refractivity contribution in [2.24, 2.45) is 5.92 Å². The SMILES string of the molecule is CC1CN(Cc2cn3ccsc3n2)CCC1=O. The van der Waals surface area contributed by atoms with Gasteiger partial charge in [0.05, 0.1) is 5.69 Å². The number of carbonyl (C=O) groups excluding carboxylic acids is 1. The van der Waals surface area contributed by atoms with E-state index in [9.17, 15) is 4.79 Å². The largest absolute Gasteiger partial charge is 0.299 e. The molecule has 1 aliphatic rings. The van der Waals surface area contributed by atoms with Crippen LogP contribution in [0.4, 0.5) is 0 Å². The van der Waals surface area contributed by atoms with E-state index < -0.39 is 0 Å². The van der Waals surface area contributed by atoms with Gasteiger partial charge in [-0.25, -0.2) is 4.98 Å². The predicted molar refractivity (Wildman–Crippen MR) is 67.1 cm³/mol. The molecular formula is C12H15N3OS. The molecule has 3 heterocycles. The van der Waals surface area contributed by atoms with E-state index in [4.69, 9.17) is 0 Å². The molecule has 0 aliphatic carbocycles. The summed E-state index contributed by atoms with van der Waals surface area (Å²) in [6.07, 6.45) is 4.79. The Morgan fingerprint density at radius 1 is 1.59 bits per heavy atom. The van der Waals surface area contributed by atoms with Crippen LogP contribution in [0, 0.1) is 5.92 Å². The third kappa shape index (κ3) is 2.12. The molecule has 0 saturated carbocycles. The Balaban J connectivity index is 1.71. The van der Waals surface area contributed by atoms with E-state index in [1.54, 1.807) is 11.3 Å². The molecule has 2 aromatic heterocycles. The van der Waals surface area contributed by atoms with Gasteiger partial charge in [-0.2, -0.15) is 0 Å². The first kappa shape index (κ1) is 10.9. The maximum atomic E-state index is 11.4. The number of hydrogen-bond donors (Lipinski definition) is 0. The molecule has 1 aliphatic heterocycles. The van der Waals surface area contributed by atoms with Crippen molar-refractivity contribution in [1.82, 2.24) is 14.3 Å². The van der Waals surface area contributed by atoms with Crippen LogP contribution in [0.5, 0.6) is 0 Å². The second kappa shape index (κ2) is 4.23. The van der Waals surface area contributed by atoms with Gasteiger partial charge in [0.15, 0.2) is 4.96 Å². The van der Waals surface area contributed by atoms with Gasteiger partial charge in [0.25, 0.3) is 0 Å². The van der Waals surface area contributed by atoms with E-state index in [1.807, 2.05) is 18.5 Å². The predicted octanol–water partition coefficient (Wildman–Crippen LogP) is 1.81.